The minimum Gasteiger partial charge on any atom is -0.301 e. The second-order valence-corrected chi connectivity index (χ2v) is 9.55. The van der Waals surface area contributed by atoms with Gasteiger partial charge in [0, 0.05) is 25.8 Å². The standard InChI is InChI=1S/C16H20N4O3S3/c1-3-12-24-16-19-18-15(25-16)17-14(21)10-7-11-20(2)26(22,23)13-8-5-4-6-9-13/h3-6,8-9H,1,7,10-12H2,2H3,(H,17,18,21). The molecule has 0 aliphatic carbocycles. The third-order valence-electron chi connectivity index (χ3n) is 3.31. The van der Waals surface area contributed by atoms with E-state index in [2.05, 4.69) is 22.1 Å². The molecule has 1 amide bonds. The summed E-state index contributed by atoms with van der Waals surface area (Å²) < 4.78 is 26.8. The highest BCUT2D eigenvalue weighted by atomic mass is 32.2. The van der Waals surface area contributed by atoms with Crippen molar-refractivity contribution < 1.29 is 13.2 Å². The van der Waals surface area contributed by atoms with Crippen LogP contribution in [0.1, 0.15) is 12.8 Å². The lowest BCUT2D eigenvalue weighted by atomic mass is 10.3. The first-order chi connectivity index (χ1) is 12.4. The van der Waals surface area contributed by atoms with Gasteiger partial charge in [-0.05, 0) is 18.6 Å². The van der Waals surface area contributed by atoms with Crippen LogP contribution >= 0.6 is 23.1 Å². The minimum absolute atomic E-state index is 0.198. The molecular weight excluding hydrogens is 392 g/mol. The summed E-state index contributed by atoms with van der Waals surface area (Å²) in [6.07, 6.45) is 2.37. The van der Waals surface area contributed by atoms with E-state index in [1.54, 1.807) is 36.4 Å². The Morgan fingerprint density at radius 1 is 1.35 bits per heavy atom. The Labute approximate surface area is 161 Å². The zero-order chi connectivity index (χ0) is 19.0. The highest BCUT2D eigenvalue weighted by Gasteiger charge is 2.20. The fourth-order valence-corrected chi connectivity index (χ4v) is 4.75. The number of nitrogens with one attached hydrogen (secondary N) is 1. The summed E-state index contributed by atoms with van der Waals surface area (Å²) in [5.74, 6) is 0.511. The summed E-state index contributed by atoms with van der Waals surface area (Å²) in [5.41, 5.74) is 0. The van der Waals surface area contributed by atoms with Gasteiger partial charge in [-0.3, -0.25) is 4.79 Å². The molecule has 0 fully saturated rings. The third kappa shape index (κ3) is 5.90. The summed E-state index contributed by atoms with van der Waals surface area (Å²) in [7, 11) is -2.02. The number of rotatable bonds is 10. The van der Waals surface area contributed by atoms with Gasteiger partial charge in [0.25, 0.3) is 0 Å². The summed E-state index contributed by atoms with van der Waals surface area (Å²) >= 11 is 2.79. The maximum absolute atomic E-state index is 12.4. The van der Waals surface area contributed by atoms with Gasteiger partial charge in [-0.2, -0.15) is 0 Å². The van der Waals surface area contributed by atoms with Gasteiger partial charge in [-0.15, -0.1) is 16.8 Å². The van der Waals surface area contributed by atoms with Gasteiger partial charge < -0.3 is 5.32 Å². The Kier molecular flexibility index (Phi) is 7.76. The molecule has 0 spiro atoms. The molecule has 140 valence electrons. The van der Waals surface area contributed by atoms with E-state index in [0.717, 1.165) is 10.1 Å². The monoisotopic (exact) mass is 412 g/mol. The van der Waals surface area contributed by atoms with Gasteiger partial charge in [-0.1, -0.05) is 47.4 Å². The van der Waals surface area contributed by atoms with E-state index in [9.17, 15) is 13.2 Å². The molecule has 0 saturated carbocycles. The quantitative estimate of drug-likeness (QED) is 0.366. The lowest BCUT2D eigenvalue weighted by Gasteiger charge is -2.16. The molecule has 2 rings (SSSR count). The normalized spacial score (nSPS) is 11.5. The Morgan fingerprint density at radius 2 is 2.08 bits per heavy atom. The highest BCUT2D eigenvalue weighted by molar-refractivity contribution is 8.01. The Bertz CT molecular complexity index is 837. The first kappa shape index (κ1) is 20.6. The molecule has 26 heavy (non-hydrogen) atoms. The lowest BCUT2D eigenvalue weighted by Crippen LogP contribution is -2.28. The van der Waals surface area contributed by atoms with Gasteiger partial charge in [0.2, 0.25) is 21.1 Å². The molecule has 0 radical (unpaired) electrons. The Morgan fingerprint density at radius 3 is 2.77 bits per heavy atom. The van der Waals surface area contributed by atoms with Gasteiger partial charge in [0.1, 0.15) is 0 Å². The van der Waals surface area contributed by atoms with Crippen LogP contribution in [0.3, 0.4) is 0 Å². The van der Waals surface area contributed by atoms with Crippen LogP contribution in [0.4, 0.5) is 5.13 Å². The fourth-order valence-electron chi connectivity index (χ4n) is 1.99. The number of hydrogen-bond donors (Lipinski definition) is 1. The highest BCUT2D eigenvalue weighted by Crippen LogP contribution is 2.25. The van der Waals surface area contributed by atoms with Crippen molar-refractivity contribution in [3.63, 3.8) is 0 Å². The first-order valence-corrected chi connectivity index (χ1v) is 11.1. The molecule has 0 unspecified atom stereocenters. The molecule has 2 aromatic rings. The average Bonchev–Trinajstić information content (AvgIpc) is 3.07. The van der Waals surface area contributed by atoms with Crippen LogP contribution < -0.4 is 5.32 Å². The van der Waals surface area contributed by atoms with E-state index in [4.69, 9.17) is 0 Å². The van der Waals surface area contributed by atoms with Crippen molar-refractivity contribution in [3.8, 4) is 0 Å². The molecule has 0 saturated heterocycles. The SMILES string of the molecule is C=CCSc1nnc(NC(=O)CCCN(C)S(=O)(=O)c2ccccc2)s1. The average molecular weight is 413 g/mol. The van der Waals surface area contributed by atoms with Crippen molar-refractivity contribution in [2.24, 2.45) is 0 Å². The summed E-state index contributed by atoms with van der Waals surface area (Å²) in [5, 5.41) is 11.0. The summed E-state index contributed by atoms with van der Waals surface area (Å²) in [6.45, 7) is 3.89. The molecular formula is C16H20N4O3S3. The molecule has 0 bridgehead atoms. The Hall–Kier alpha value is -1.75. The van der Waals surface area contributed by atoms with Crippen LogP contribution in [-0.4, -0.2) is 48.2 Å². The molecule has 0 atom stereocenters. The van der Waals surface area contributed by atoms with Crippen LogP contribution in [0.2, 0.25) is 0 Å². The van der Waals surface area contributed by atoms with Crippen LogP contribution in [0, 0.1) is 0 Å². The van der Waals surface area contributed by atoms with Crippen molar-refractivity contribution in [1.82, 2.24) is 14.5 Å². The van der Waals surface area contributed by atoms with Crippen LogP contribution in [0.15, 0.2) is 52.2 Å². The van der Waals surface area contributed by atoms with Gasteiger partial charge in [0.05, 0.1) is 4.90 Å². The molecule has 1 heterocycles. The van der Waals surface area contributed by atoms with Crippen molar-refractivity contribution in [2.45, 2.75) is 22.1 Å². The third-order valence-corrected chi connectivity index (χ3v) is 7.14. The van der Waals surface area contributed by atoms with Gasteiger partial charge in [0.15, 0.2) is 4.34 Å². The summed E-state index contributed by atoms with van der Waals surface area (Å²) in [4.78, 5) is 12.2. The molecule has 0 aliphatic heterocycles. The van der Waals surface area contributed by atoms with Crippen molar-refractivity contribution in [1.29, 1.82) is 0 Å². The first-order valence-electron chi connectivity index (χ1n) is 7.82. The molecule has 1 aromatic carbocycles. The zero-order valence-corrected chi connectivity index (χ0v) is 16.7. The van der Waals surface area contributed by atoms with E-state index in [0.29, 0.717) is 11.6 Å². The number of benzene rings is 1. The summed E-state index contributed by atoms with van der Waals surface area (Å²) in [6, 6.07) is 8.22. The van der Waals surface area contributed by atoms with E-state index in [1.165, 1.54) is 34.5 Å². The number of nitrogens with zero attached hydrogens (tertiary/aromatic N) is 3. The number of carbonyl (C=O) groups excluding carboxylic acids is 1. The smallest absolute Gasteiger partial charge is 0.242 e. The number of anilines is 1. The second kappa shape index (κ2) is 9.81. The number of sulfonamides is 1. The van der Waals surface area contributed by atoms with Crippen molar-refractivity contribution in [3.05, 3.63) is 43.0 Å². The number of amides is 1. The van der Waals surface area contributed by atoms with E-state index in [-0.39, 0.29) is 23.8 Å². The van der Waals surface area contributed by atoms with E-state index < -0.39 is 10.0 Å². The zero-order valence-electron chi connectivity index (χ0n) is 14.3. The maximum Gasteiger partial charge on any atom is 0.242 e. The number of carbonyl (C=O) groups is 1. The van der Waals surface area contributed by atoms with Gasteiger partial charge in [-0.25, -0.2) is 12.7 Å². The molecule has 7 nitrogen and oxygen atoms in total. The largest absolute Gasteiger partial charge is 0.301 e. The van der Waals surface area contributed by atoms with Crippen molar-refractivity contribution in [2.75, 3.05) is 24.7 Å². The molecule has 1 aromatic heterocycles. The predicted octanol–water partition coefficient (Wildman–Crippen LogP) is 2.86. The topological polar surface area (TPSA) is 92.3 Å². The Balaban J connectivity index is 1.79. The predicted molar refractivity (Wildman–Crippen MR) is 105 cm³/mol. The second-order valence-electron chi connectivity index (χ2n) is 5.26. The van der Waals surface area contributed by atoms with Crippen LogP contribution in [0.5, 0.6) is 0 Å². The fraction of sp³-hybridized carbons (Fsp3) is 0.312. The van der Waals surface area contributed by atoms with E-state index in [1.807, 2.05) is 0 Å². The molecule has 1 N–H and O–H groups in total. The van der Waals surface area contributed by atoms with Crippen molar-refractivity contribution >= 4 is 44.2 Å². The molecule has 10 heteroatoms. The van der Waals surface area contributed by atoms with E-state index >= 15 is 0 Å². The lowest BCUT2D eigenvalue weighted by molar-refractivity contribution is -0.116. The van der Waals surface area contributed by atoms with Crippen LogP contribution in [-0.2, 0) is 14.8 Å². The van der Waals surface area contributed by atoms with Gasteiger partial charge >= 0.3 is 0 Å². The molecule has 0 aliphatic rings. The number of aromatic nitrogens is 2. The maximum atomic E-state index is 12.4. The number of hydrogen-bond acceptors (Lipinski definition) is 7. The minimum atomic E-state index is -3.53. The number of thioether (sulfide) groups is 1. The van der Waals surface area contributed by atoms with Crippen LogP contribution in [0.25, 0.3) is 0 Å².